The fourth-order valence-corrected chi connectivity index (χ4v) is 2.59. The van der Waals surface area contributed by atoms with Gasteiger partial charge in [0.05, 0.1) is 14.8 Å². The summed E-state index contributed by atoms with van der Waals surface area (Å²) in [6, 6.07) is 4.00. The normalized spacial score (nSPS) is 12.6. The minimum absolute atomic E-state index is 0.290. The van der Waals surface area contributed by atoms with Crippen molar-refractivity contribution in [1.29, 1.82) is 0 Å². The lowest BCUT2D eigenvalue weighted by Gasteiger charge is -2.07. The minimum atomic E-state index is 0.290. The Morgan fingerprint density at radius 3 is 2.88 bits per heavy atom. The number of hydrogen-bond acceptors (Lipinski definition) is 3. The maximum atomic E-state index is 11.1. The molecule has 0 aliphatic rings. The first-order valence-electron chi connectivity index (χ1n) is 5.45. The highest BCUT2D eigenvalue weighted by atomic mass is 35.5. The van der Waals surface area contributed by atoms with Crippen LogP contribution in [-0.2, 0) is 0 Å². The molecule has 2 heterocycles. The quantitative estimate of drug-likeness (QED) is 0.784. The lowest BCUT2D eigenvalue weighted by atomic mass is 10.2. The van der Waals surface area contributed by atoms with Gasteiger partial charge >= 0.3 is 0 Å². The molecule has 90 valence electrons. The number of halogens is 1. The molecule has 0 fully saturated rings. The molecule has 1 atom stereocenters. The molecule has 0 aromatic carbocycles. The van der Waals surface area contributed by atoms with E-state index in [0.29, 0.717) is 9.90 Å². The predicted octanol–water partition coefficient (Wildman–Crippen LogP) is 4.05. The Hall–Kier alpha value is -1.13. The maximum Gasteiger partial charge on any atom is 0.153 e. The molecule has 0 spiro atoms. The van der Waals surface area contributed by atoms with E-state index >= 15 is 0 Å². The molecule has 2 aromatic rings. The van der Waals surface area contributed by atoms with Gasteiger partial charge in [0.15, 0.2) is 6.29 Å². The van der Waals surface area contributed by atoms with Crippen molar-refractivity contribution in [3.05, 3.63) is 28.2 Å². The monoisotopic (exact) mass is 268 g/mol. The van der Waals surface area contributed by atoms with E-state index in [1.165, 1.54) is 11.3 Å². The van der Waals surface area contributed by atoms with Gasteiger partial charge in [0.1, 0.15) is 5.69 Å². The average molecular weight is 269 g/mol. The van der Waals surface area contributed by atoms with Gasteiger partial charge in [-0.2, -0.15) is 5.10 Å². The van der Waals surface area contributed by atoms with E-state index in [-0.39, 0.29) is 6.04 Å². The molecule has 0 bridgehead atoms. The van der Waals surface area contributed by atoms with Crippen molar-refractivity contribution in [2.45, 2.75) is 26.3 Å². The summed E-state index contributed by atoms with van der Waals surface area (Å²) in [5, 5.41) is 4.47. The van der Waals surface area contributed by atoms with Crippen LogP contribution in [0.15, 0.2) is 18.3 Å². The van der Waals surface area contributed by atoms with Crippen molar-refractivity contribution >= 4 is 29.2 Å². The van der Waals surface area contributed by atoms with Crippen molar-refractivity contribution in [2.75, 3.05) is 0 Å². The summed E-state index contributed by atoms with van der Waals surface area (Å²) in [7, 11) is 0. The number of hydrogen-bond donors (Lipinski definition) is 0. The highest BCUT2D eigenvalue weighted by molar-refractivity contribution is 7.19. The van der Waals surface area contributed by atoms with E-state index in [0.717, 1.165) is 23.3 Å². The molecule has 0 saturated carbocycles. The number of rotatable bonds is 4. The molecule has 0 N–H and O–H groups in total. The summed E-state index contributed by atoms with van der Waals surface area (Å²) >= 11 is 7.33. The number of aldehydes is 1. The third-order valence-electron chi connectivity index (χ3n) is 2.74. The van der Waals surface area contributed by atoms with Crippen LogP contribution in [0.2, 0.25) is 4.34 Å². The standard InChI is InChI=1S/C12H13ClN2OS/c1-3-8(2)15-6-9(7-16)12(14-15)10-4-5-11(13)17-10/h4-8H,3H2,1-2H3. The first-order valence-corrected chi connectivity index (χ1v) is 6.65. The summed E-state index contributed by atoms with van der Waals surface area (Å²) in [5.41, 5.74) is 1.33. The van der Waals surface area contributed by atoms with Gasteiger partial charge in [0.2, 0.25) is 0 Å². The van der Waals surface area contributed by atoms with Gasteiger partial charge in [-0.25, -0.2) is 0 Å². The van der Waals surface area contributed by atoms with E-state index < -0.39 is 0 Å². The molecule has 2 rings (SSSR count). The number of carbonyl (C=O) groups is 1. The fraction of sp³-hybridized carbons (Fsp3) is 0.333. The Bertz CT molecular complexity index is 532. The maximum absolute atomic E-state index is 11.1. The molecule has 3 nitrogen and oxygen atoms in total. The van der Waals surface area contributed by atoms with Gasteiger partial charge in [-0.1, -0.05) is 18.5 Å². The van der Waals surface area contributed by atoms with Crippen LogP contribution in [0.25, 0.3) is 10.6 Å². The second kappa shape index (κ2) is 5.02. The molecule has 5 heteroatoms. The van der Waals surface area contributed by atoms with Crippen LogP contribution in [-0.4, -0.2) is 16.1 Å². The lowest BCUT2D eigenvalue weighted by molar-refractivity contribution is 0.112. The van der Waals surface area contributed by atoms with Crippen LogP contribution in [0.5, 0.6) is 0 Å². The van der Waals surface area contributed by atoms with Gasteiger partial charge in [0.25, 0.3) is 0 Å². The Morgan fingerprint density at radius 1 is 1.59 bits per heavy atom. The van der Waals surface area contributed by atoms with Crippen LogP contribution >= 0.6 is 22.9 Å². The summed E-state index contributed by atoms with van der Waals surface area (Å²) in [5.74, 6) is 0. The van der Waals surface area contributed by atoms with Crippen molar-refractivity contribution < 1.29 is 4.79 Å². The smallest absolute Gasteiger partial charge is 0.153 e. The molecule has 2 aromatic heterocycles. The minimum Gasteiger partial charge on any atom is -0.298 e. The van der Waals surface area contributed by atoms with Crippen LogP contribution < -0.4 is 0 Å². The van der Waals surface area contributed by atoms with Crippen LogP contribution in [0, 0.1) is 0 Å². The Morgan fingerprint density at radius 2 is 2.35 bits per heavy atom. The molecule has 17 heavy (non-hydrogen) atoms. The third-order valence-corrected chi connectivity index (χ3v) is 3.97. The predicted molar refractivity (Wildman–Crippen MR) is 70.9 cm³/mol. The Labute approximate surface area is 109 Å². The number of nitrogens with zero attached hydrogens (tertiary/aromatic N) is 2. The molecule has 0 aliphatic heterocycles. The number of carbonyl (C=O) groups excluding carboxylic acids is 1. The zero-order chi connectivity index (χ0) is 12.4. The average Bonchev–Trinajstić information content (AvgIpc) is 2.93. The molecule has 0 amide bonds. The molecule has 1 unspecified atom stereocenters. The van der Waals surface area contributed by atoms with Crippen molar-refractivity contribution in [3.63, 3.8) is 0 Å². The van der Waals surface area contributed by atoms with Gasteiger partial charge in [0, 0.05) is 12.2 Å². The zero-order valence-electron chi connectivity index (χ0n) is 9.68. The van der Waals surface area contributed by atoms with Crippen molar-refractivity contribution in [3.8, 4) is 10.6 Å². The third kappa shape index (κ3) is 2.42. The van der Waals surface area contributed by atoms with E-state index in [9.17, 15) is 4.79 Å². The molecular weight excluding hydrogens is 256 g/mol. The second-order valence-electron chi connectivity index (χ2n) is 3.89. The first kappa shape index (κ1) is 12.3. The van der Waals surface area contributed by atoms with E-state index in [1.54, 1.807) is 6.20 Å². The summed E-state index contributed by atoms with van der Waals surface area (Å²) < 4.78 is 2.54. The van der Waals surface area contributed by atoms with Gasteiger partial charge in [-0.15, -0.1) is 11.3 Å². The topological polar surface area (TPSA) is 34.9 Å². The fourth-order valence-electron chi connectivity index (χ4n) is 1.54. The zero-order valence-corrected chi connectivity index (χ0v) is 11.3. The van der Waals surface area contributed by atoms with Crippen molar-refractivity contribution in [1.82, 2.24) is 9.78 Å². The van der Waals surface area contributed by atoms with E-state index in [1.807, 2.05) is 16.8 Å². The largest absolute Gasteiger partial charge is 0.298 e. The first-order chi connectivity index (χ1) is 8.15. The highest BCUT2D eigenvalue weighted by Gasteiger charge is 2.14. The number of thiophene rings is 1. The number of aromatic nitrogens is 2. The second-order valence-corrected chi connectivity index (χ2v) is 5.61. The van der Waals surface area contributed by atoms with Crippen LogP contribution in [0.3, 0.4) is 0 Å². The van der Waals surface area contributed by atoms with Gasteiger partial charge < -0.3 is 0 Å². The highest BCUT2D eigenvalue weighted by Crippen LogP contribution is 2.32. The van der Waals surface area contributed by atoms with E-state index in [2.05, 4.69) is 18.9 Å². The molecule has 0 saturated heterocycles. The Balaban J connectivity index is 2.46. The molecule has 0 radical (unpaired) electrons. The van der Waals surface area contributed by atoms with Gasteiger partial charge in [-0.05, 0) is 25.5 Å². The summed E-state index contributed by atoms with van der Waals surface area (Å²) in [6.07, 6.45) is 3.61. The van der Waals surface area contributed by atoms with Crippen LogP contribution in [0.4, 0.5) is 0 Å². The molecular formula is C12H13ClN2OS. The summed E-state index contributed by atoms with van der Waals surface area (Å²) in [6.45, 7) is 4.17. The Kier molecular flexibility index (Phi) is 3.64. The lowest BCUT2D eigenvalue weighted by Crippen LogP contribution is -2.03. The SMILES string of the molecule is CCC(C)n1cc(C=O)c(-c2ccc(Cl)s2)n1. The van der Waals surface area contributed by atoms with E-state index in [4.69, 9.17) is 11.6 Å². The van der Waals surface area contributed by atoms with Crippen molar-refractivity contribution in [2.24, 2.45) is 0 Å². The molecule has 0 aliphatic carbocycles. The van der Waals surface area contributed by atoms with Gasteiger partial charge in [-0.3, -0.25) is 9.48 Å². The van der Waals surface area contributed by atoms with Crippen LogP contribution in [0.1, 0.15) is 36.7 Å². The summed E-state index contributed by atoms with van der Waals surface area (Å²) in [4.78, 5) is 12.0.